The molecule has 2 aromatic heterocycles. The minimum atomic E-state index is -0.585. The molecule has 0 saturated heterocycles. The van der Waals surface area contributed by atoms with Crippen LogP contribution in [0.4, 0.5) is 4.39 Å². The lowest BCUT2D eigenvalue weighted by Crippen LogP contribution is -2.36. The van der Waals surface area contributed by atoms with E-state index in [1.54, 1.807) is 12.1 Å². The third kappa shape index (κ3) is 4.90. The van der Waals surface area contributed by atoms with E-state index in [0.717, 1.165) is 0 Å². The van der Waals surface area contributed by atoms with Crippen LogP contribution in [-0.2, 0) is 9.53 Å². The van der Waals surface area contributed by atoms with Gasteiger partial charge in [-0.2, -0.15) is 5.10 Å². The van der Waals surface area contributed by atoms with Crippen molar-refractivity contribution < 1.29 is 13.9 Å². The van der Waals surface area contributed by atoms with Crippen molar-refractivity contribution >= 4 is 24.2 Å². The van der Waals surface area contributed by atoms with Gasteiger partial charge < -0.3 is 10.1 Å². The number of aromatic nitrogens is 3. The third-order valence-corrected chi connectivity index (χ3v) is 4.10. The number of hydrogen-bond acceptors (Lipinski definition) is 6. The number of methoxy groups -OCH3 is 1. The second kappa shape index (κ2) is 9.07. The maximum atomic E-state index is 14.2. The van der Waals surface area contributed by atoms with Crippen molar-refractivity contribution in [3.63, 3.8) is 0 Å². The molecule has 2 N–H and O–H groups in total. The number of aromatic amines is 1. The van der Waals surface area contributed by atoms with E-state index in [9.17, 15) is 14.0 Å². The van der Waals surface area contributed by atoms with Crippen molar-refractivity contribution in [2.24, 2.45) is 15.9 Å². The van der Waals surface area contributed by atoms with Crippen LogP contribution in [0.1, 0.15) is 32.8 Å². The van der Waals surface area contributed by atoms with Gasteiger partial charge in [-0.1, -0.05) is 13.8 Å². The Morgan fingerprint density at radius 2 is 2.18 bits per heavy atom. The van der Waals surface area contributed by atoms with Crippen molar-refractivity contribution in [3.8, 4) is 0 Å². The second-order valence-electron chi connectivity index (χ2n) is 6.43. The van der Waals surface area contributed by atoms with Crippen molar-refractivity contribution in [2.75, 3.05) is 7.11 Å². The van der Waals surface area contributed by atoms with Gasteiger partial charge in [0, 0.05) is 17.8 Å². The highest BCUT2D eigenvalue weighted by Crippen LogP contribution is 2.15. The first-order valence-electron chi connectivity index (χ1n) is 8.59. The fourth-order valence-corrected chi connectivity index (χ4v) is 2.44. The number of fused-ring (bicyclic) bond motifs is 1. The van der Waals surface area contributed by atoms with E-state index in [0.29, 0.717) is 11.2 Å². The van der Waals surface area contributed by atoms with Crippen LogP contribution in [0, 0.1) is 5.92 Å². The molecule has 0 aliphatic rings. The highest BCUT2D eigenvalue weighted by Gasteiger charge is 2.20. The predicted octanol–water partition coefficient (Wildman–Crippen LogP) is 1.81. The lowest BCUT2D eigenvalue weighted by Gasteiger charge is -2.22. The number of aliphatic imine (C=N–C) groups is 2. The average Bonchev–Trinajstić information content (AvgIpc) is 3.03. The van der Waals surface area contributed by atoms with Crippen molar-refractivity contribution in [3.05, 3.63) is 46.0 Å². The quantitative estimate of drug-likeness (QED) is 0.425. The monoisotopic (exact) mass is 390 g/mol. The number of hydrogen-bond donors (Lipinski definition) is 2. The standard InChI is InChI=1S/C18H23FN6O3/c1-10(2)13(8-15(26)28-5)21-16(11(3)19)22-17(20-4)12-6-7-14-23-24-18(27)25(14)9-12/h6-7,9-10,13,21H,4,8H2,1-3,5H3,(H,24,27)/b16-11+,22-17?/t13-/m1/s1. The Balaban J connectivity index is 2.40. The van der Waals surface area contributed by atoms with Gasteiger partial charge in [-0.3, -0.25) is 4.79 Å². The van der Waals surface area contributed by atoms with Gasteiger partial charge in [-0.15, -0.1) is 0 Å². The first-order chi connectivity index (χ1) is 13.3. The van der Waals surface area contributed by atoms with E-state index in [-0.39, 0.29) is 24.0 Å². The molecular weight excluding hydrogens is 367 g/mol. The number of carbonyl (C=O) groups is 1. The largest absolute Gasteiger partial charge is 0.469 e. The maximum absolute atomic E-state index is 14.2. The van der Waals surface area contributed by atoms with Crippen LogP contribution in [0.2, 0.25) is 0 Å². The topological polar surface area (TPSA) is 113 Å². The molecule has 0 bridgehead atoms. The third-order valence-electron chi connectivity index (χ3n) is 4.10. The minimum absolute atomic E-state index is 0.00430. The lowest BCUT2D eigenvalue weighted by molar-refractivity contribution is -0.141. The summed E-state index contributed by atoms with van der Waals surface area (Å²) in [5, 5.41) is 9.11. The number of nitrogens with one attached hydrogen (secondary N) is 2. The smallest absolute Gasteiger partial charge is 0.347 e. The number of esters is 1. The number of allylic oxidation sites excluding steroid dienone is 1. The Morgan fingerprint density at radius 1 is 1.46 bits per heavy atom. The molecule has 150 valence electrons. The number of carbonyl (C=O) groups excluding carboxylic acids is 1. The molecule has 1 atom stereocenters. The molecule has 9 nitrogen and oxygen atoms in total. The summed E-state index contributed by atoms with van der Waals surface area (Å²) < 4.78 is 20.1. The summed E-state index contributed by atoms with van der Waals surface area (Å²) in [6.45, 7) is 8.50. The molecule has 2 aromatic rings. The molecule has 0 amide bonds. The van der Waals surface area contributed by atoms with Crippen LogP contribution in [0.15, 0.2) is 44.8 Å². The zero-order valence-electron chi connectivity index (χ0n) is 16.2. The molecule has 0 unspecified atom stereocenters. The van der Waals surface area contributed by atoms with Crippen LogP contribution >= 0.6 is 0 Å². The predicted molar refractivity (Wildman–Crippen MR) is 104 cm³/mol. The maximum Gasteiger partial charge on any atom is 0.347 e. The lowest BCUT2D eigenvalue weighted by atomic mass is 10.0. The molecule has 28 heavy (non-hydrogen) atoms. The minimum Gasteiger partial charge on any atom is -0.469 e. The van der Waals surface area contributed by atoms with Gasteiger partial charge in [0.2, 0.25) is 0 Å². The van der Waals surface area contributed by atoms with E-state index in [1.807, 2.05) is 13.8 Å². The second-order valence-corrected chi connectivity index (χ2v) is 6.43. The Morgan fingerprint density at radius 3 is 2.75 bits per heavy atom. The Kier molecular flexibility index (Phi) is 6.80. The van der Waals surface area contributed by atoms with Crippen molar-refractivity contribution in [1.82, 2.24) is 19.9 Å². The molecule has 0 aromatic carbocycles. The van der Waals surface area contributed by atoms with Gasteiger partial charge >= 0.3 is 11.7 Å². The molecule has 10 heteroatoms. The zero-order chi connectivity index (χ0) is 20.8. The fraction of sp³-hybridized carbons (Fsp3) is 0.389. The van der Waals surface area contributed by atoms with Gasteiger partial charge in [-0.05, 0) is 31.7 Å². The van der Waals surface area contributed by atoms with Gasteiger partial charge in [0.05, 0.1) is 13.5 Å². The summed E-state index contributed by atoms with van der Waals surface area (Å²) in [5.74, 6) is -0.972. The van der Waals surface area contributed by atoms with Crippen LogP contribution in [-0.4, -0.2) is 46.3 Å². The molecule has 2 heterocycles. The number of ether oxygens (including phenoxy) is 1. The molecule has 0 fully saturated rings. The normalized spacial score (nSPS) is 14.0. The van der Waals surface area contributed by atoms with Crippen LogP contribution < -0.4 is 11.0 Å². The number of amidine groups is 1. The highest BCUT2D eigenvalue weighted by atomic mass is 19.1. The number of halogens is 1. The van der Waals surface area contributed by atoms with Crippen LogP contribution in [0.25, 0.3) is 5.65 Å². The van der Waals surface area contributed by atoms with Crippen molar-refractivity contribution in [2.45, 2.75) is 33.2 Å². The molecule has 2 rings (SSSR count). The Bertz CT molecular complexity index is 985. The van der Waals surface area contributed by atoms with E-state index in [2.05, 4.69) is 32.2 Å². The van der Waals surface area contributed by atoms with Gasteiger partial charge in [-0.25, -0.2) is 28.7 Å². The summed E-state index contributed by atoms with van der Waals surface area (Å²) >= 11 is 0. The Labute approximate surface area is 161 Å². The SMILES string of the molecule is C=NC(=N/C(N[C@H](CC(=O)OC)C(C)C)=C(\C)F)c1ccc2n[nH]c(=O)n2c1. The molecule has 0 saturated carbocycles. The van der Waals surface area contributed by atoms with E-state index in [4.69, 9.17) is 4.74 Å². The van der Waals surface area contributed by atoms with E-state index in [1.165, 1.54) is 24.6 Å². The van der Waals surface area contributed by atoms with Crippen molar-refractivity contribution in [1.29, 1.82) is 0 Å². The number of pyridine rings is 1. The van der Waals surface area contributed by atoms with Crippen LogP contribution in [0.5, 0.6) is 0 Å². The number of H-pyrrole nitrogens is 1. The molecule has 0 aliphatic carbocycles. The van der Waals surface area contributed by atoms with Gasteiger partial charge in [0.1, 0.15) is 5.83 Å². The summed E-state index contributed by atoms with van der Waals surface area (Å²) in [6.07, 6.45) is 1.53. The summed E-state index contributed by atoms with van der Waals surface area (Å²) in [5.41, 5.74) is 0.445. The average molecular weight is 390 g/mol. The molecule has 0 aliphatic heterocycles. The van der Waals surface area contributed by atoms with E-state index < -0.39 is 23.5 Å². The summed E-state index contributed by atoms with van der Waals surface area (Å²) in [4.78, 5) is 31.5. The summed E-state index contributed by atoms with van der Waals surface area (Å²) in [7, 11) is 1.29. The number of rotatable bonds is 7. The molecule has 0 radical (unpaired) electrons. The van der Waals surface area contributed by atoms with Gasteiger partial charge in [0.25, 0.3) is 0 Å². The molecule has 0 spiro atoms. The zero-order valence-corrected chi connectivity index (χ0v) is 16.2. The van der Waals surface area contributed by atoms with Gasteiger partial charge in [0.15, 0.2) is 17.3 Å². The Hall–Kier alpha value is -3.30. The first kappa shape index (κ1) is 21.0. The first-order valence-corrected chi connectivity index (χ1v) is 8.59. The number of nitrogens with zero attached hydrogens (tertiary/aromatic N) is 4. The van der Waals surface area contributed by atoms with E-state index >= 15 is 0 Å². The highest BCUT2D eigenvalue weighted by molar-refractivity contribution is 6.01. The molecular formula is C18H23FN6O3. The summed E-state index contributed by atoms with van der Waals surface area (Å²) in [6, 6.07) is 2.84. The fourth-order valence-electron chi connectivity index (χ4n) is 2.44. The van der Waals surface area contributed by atoms with Crippen LogP contribution in [0.3, 0.4) is 0 Å².